The predicted octanol–water partition coefficient (Wildman–Crippen LogP) is 0.895. The largest absolute Gasteiger partial charge is 0.504 e. The Labute approximate surface area is 111 Å². The molecule has 1 aromatic carbocycles. The third-order valence-electron chi connectivity index (χ3n) is 2.57. The number of thiazole rings is 1. The Bertz CT molecular complexity index is 642. The molecule has 0 saturated heterocycles. The summed E-state index contributed by atoms with van der Waals surface area (Å²) in [7, 11) is 0. The summed E-state index contributed by atoms with van der Waals surface area (Å²) >= 11 is 0.942. The maximum absolute atomic E-state index is 12.6. The summed E-state index contributed by atoms with van der Waals surface area (Å²) in [5, 5.41) is 41.6. The summed E-state index contributed by atoms with van der Waals surface area (Å²) < 4.78 is 0. The molecule has 1 aromatic heterocycles. The number of nitrogens with zero attached hydrogens (tertiary/aromatic N) is 1. The highest BCUT2D eigenvalue weighted by atomic mass is 32.1. The first-order chi connectivity index (χ1) is 8.85. The van der Waals surface area contributed by atoms with Crippen LogP contribution in [0.25, 0.3) is 0 Å². The van der Waals surface area contributed by atoms with Crippen molar-refractivity contribution in [1.82, 2.24) is 4.98 Å². The van der Waals surface area contributed by atoms with Gasteiger partial charge in [0, 0.05) is 10.9 Å². The number of rotatable bonds is 3. The SMILES string of the molecule is Nc1nc([C@@]([O])(C(=O)O)c2ccc(O)c(O)c2)cs1. The van der Waals surface area contributed by atoms with Gasteiger partial charge in [0.05, 0.1) is 0 Å². The Morgan fingerprint density at radius 1 is 1.32 bits per heavy atom. The van der Waals surface area contributed by atoms with E-state index in [0.29, 0.717) is 0 Å². The topological polar surface area (TPSA) is 137 Å². The monoisotopic (exact) mass is 281 g/mol. The van der Waals surface area contributed by atoms with E-state index < -0.39 is 23.1 Å². The summed E-state index contributed by atoms with van der Waals surface area (Å²) in [5.74, 6) is -2.71. The lowest BCUT2D eigenvalue weighted by Crippen LogP contribution is -2.35. The van der Waals surface area contributed by atoms with Crippen molar-refractivity contribution in [2.24, 2.45) is 0 Å². The Balaban J connectivity index is 2.62. The number of hydrogen-bond acceptors (Lipinski definition) is 6. The van der Waals surface area contributed by atoms with Crippen LogP contribution in [0.3, 0.4) is 0 Å². The second-order valence-corrected chi connectivity index (χ2v) is 4.65. The van der Waals surface area contributed by atoms with Crippen molar-refractivity contribution in [3.8, 4) is 11.5 Å². The van der Waals surface area contributed by atoms with Crippen LogP contribution in [0.15, 0.2) is 23.6 Å². The van der Waals surface area contributed by atoms with Crippen molar-refractivity contribution in [2.45, 2.75) is 5.60 Å². The van der Waals surface area contributed by atoms with E-state index in [-0.39, 0.29) is 16.4 Å². The van der Waals surface area contributed by atoms with Crippen molar-refractivity contribution in [1.29, 1.82) is 0 Å². The highest BCUT2D eigenvalue weighted by molar-refractivity contribution is 7.13. The average Bonchev–Trinajstić information content (AvgIpc) is 2.78. The lowest BCUT2D eigenvalue weighted by atomic mass is 9.91. The Kier molecular flexibility index (Phi) is 3.05. The van der Waals surface area contributed by atoms with E-state index in [1.54, 1.807) is 0 Å². The number of phenols is 2. The molecular formula is C11H9N2O5S. The highest BCUT2D eigenvalue weighted by Gasteiger charge is 2.45. The van der Waals surface area contributed by atoms with Crippen molar-refractivity contribution < 1.29 is 25.2 Å². The number of benzene rings is 1. The van der Waals surface area contributed by atoms with Crippen LogP contribution in [-0.4, -0.2) is 26.3 Å². The number of carboxylic acids is 1. The molecule has 1 heterocycles. The van der Waals surface area contributed by atoms with Crippen molar-refractivity contribution >= 4 is 22.4 Å². The third-order valence-corrected chi connectivity index (χ3v) is 3.24. The standard InChI is InChI=1S/C11H9N2O5S/c12-10-13-8(4-19-10)11(18,9(16)17)5-1-2-6(14)7(15)3-5/h1-4,14-15H,(H2,12,13)(H,16,17)/t11-/m1/s1. The molecule has 0 bridgehead atoms. The average molecular weight is 281 g/mol. The molecule has 2 rings (SSSR count). The van der Waals surface area contributed by atoms with Crippen LogP contribution < -0.4 is 5.73 Å². The molecule has 1 radical (unpaired) electrons. The van der Waals surface area contributed by atoms with Gasteiger partial charge in [0.25, 0.3) is 5.60 Å². The Hall–Kier alpha value is -2.32. The quantitative estimate of drug-likeness (QED) is 0.617. The third kappa shape index (κ3) is 2.07. The minimum atomic E-state index is -2.70. The molecule has 0 fully saturated rings. The number of phenolic OH excluding ortho intramolecular Hbond substituents is 2. The summed E-state index contributed by atoms with van der Waals surface area (Å²) in [4.78, 5) is 15.0. The molecule has 0 aliphatic heterocycles. The normalized spacial score (nSPS) is 13.9. The first kappa shape index (κ1) is 13.1. The van der Waals surface area contributed by atoms with Gasteiger partial charge in [-0.1, -0.05) is 6.07 Å². The molecule has 0 spiro atoms. The first-order valence-corrected chi connectivity index (χ1v) is 5.91. The smallest absolute Gasteiger partial charge is 0.350 e. The van der Waals surface area contributed by atoms with Crippen LogP contribution in [0.1, 0.15) is 11.3 Å². The molecule has 8 heteroatoms. The number of nitrogens with two attached hydrogens (primary N) is 1. The maximum atomic E-state index is 12.6. The summed E-state index contributed by atoms with van der Waals surface area (Å²) in [5.41, 5.74) is 2.18. The number of hydrogen-bond donors (Lipinski definition) is 4. The van der Waals surface area contributed by atoms with E-state index in [0.717, 1.165) is 29.5 Å². The van der Waals surface area contributed by atoms with Gasteiger partial charge in [-0.2, -0.15) is 0 Å². The first-order valence-electron chi connectivity index (χ1n) is 5.03. The fraction of sp³-hybridized carbons (Fsp3) is 0.0909. The van der Waals surface area contributed by atoms with E-state index in [1.165, 1.54) is 5.38 Å². The van der Waals surface area contributed by atoms with Gasteiger partial charge >= 0.3 is 5.97 Å². The molecule has 1 atom stereocenters. The number of aromatic hydroxyl groups is 2. The molecule has 0 saturated carbocycles. The number of anilines is 1. The lowest BCUT2D eigenvalue weighted by molar-refractivity contribution is -0.162. The van der Waals surface area contributed by atoms with Crippen molar-refractivity contribution in [3.63, 3.8) is 0 Å². The molecule has 0 amide bonds. The van der Waals surface area contributed by atoms with Gasteiger partial charge in [0.2, 0.25) is 0 Å². The van der Waals surface area contributed by atoms with Crippen LogP contribution in [0.2, 0.25) is 0 Å². The van der Waals surface area contributed by atoms with Gasteiger partial charge in [-0.3, -0.25) is 0 Å². The van der Waals surface area contributed by atoms with Crippen LogP contribution in [0, 0.1) is 0 Å². The lowest BCUT2D eigenvalue weighted by Gasteiger charge is -2.19. The number of nitrogen functional groups attached to an aromatic ring is 1. The maximum Gasteiger partial charge on any atom is 0.350 e. The molecule has 19 heavy (non-hydrogen) atoms. The highest BCUT2D eigenvalue weighted by Crippen LogP contribution is 2.36. The van der Waals surface area contributed by atoms with Crippen LogP contribution in [0.5, 0.6) is 11.5 Å². The van der Waals surface area contributed by atoms with E-state index in [2.05, 4.69) is 4.98 Å². The van der Waals surface area contributed by atoms with Crippen LogP contribution in [0.4, 0.5) is 5.13 Å². The van der Waals surface area contributed by atoms with Crippen LogP contribution in [-0.2, 0) is 15.5 Å². The summed E-state index contributed by atoms with van der Waals surface area (Å²) in [6, 6.07) is 3.05. The molecule has 0 unspecified atom stereocenters. The van der Waals surface area contributed by atoms with Crippen LogP contribution >= 0.6 is 11.3 Å². The van der Waals surface area contributed by atoms with E-state index in [9.17, 15) is 25.2 Å². The fourth-order valence-electron chi connectivity index (χ4n) is 1.57. The van der Waals surface area contributed by atoms with Gasteiger partial charge in [0.1, 0.15) is 5.69 Å². The number of aliphatic carboxylic acids is 1. The Morgan fingerprint density at radius 2 is 2.00 bits per heavy atom. The summed E-state index contributed by atoms with van der Waals surface area (Å²) in [6.07, 6.45) is 0. The zero-order valence-electron chi connectivity index (χ0n) is 9.40. The second kappa shape index (κ2) is 4.41. The molecule has 99 valence electrons. The van der Waals surface area contributed by atoms with Gasteiger partial charge < -0.3 is 21.1 Å². The van der Waals surface area contributed by atoms with Gasteiger partial charge in [-0.05, 0) is 12.1 Å². The second-order valence-electron chi connectivity index (χ2n) is 3.76. The molecule has 0 aliphatic carbocycles. The summed E-state index contributed by atoms with van der Waals surface area (Å²) in [6.45, 7) is 0. The fourth-order valence-corrected chi connectivity index (χ4v) is 2.17. The van der Waals surface area contributed by atoms with E-state index in [1.807, 2.05) is 0 Å². The number of aromatic nitrogens is 1. The Morgan fingerprint density at radius 3 is 2.47 bits per heavy atom. The molecule has 0 aliphatic rings. The van der Waals surface area contributed by atoms with Crippen molar-refractivity contribution in [3.05, 3.63) is 34.8 Å². The minimum absolute atomic E-state index is 0.0690. The van der Waals surface area contributed by atoms with Gasteiger partial charge in [-0.15, -0.1) is 11.3 Å². The molecule has 7 nitrogen and oxygen atoms in total. The van der Waals surface area contributed by atoms with Crippen molar-refractivity contribution in [2.75, 3.05) is 5.73 Å². The minimum Gasteiger partial charge on any atom is -0.504 e. The van der Waals surface area contributed by atoms with Gasteiger partial charge in [0.15, 0.2) is 16.6 Å². The molecule has 5 N–H and O–H groups in total. The van der Waals surface area contributed by atoms with Gasteiger partial charge in [-0.25, -0.2) is 14.9 Å². The molecule has 2 aromatic rings. The van der Waals surface area contributed by atoms with E-state index in [4.69, 9.17) is 5.73 Å². The number of carbonyl (C=O) groups is 1. The zero-order valence-corrected chi connectivity index (χ0v) is 10.2. The van der Waals surface area contributed by atoms with E-state index >= 15 is 0 Å². The predicted molar refractivity (Wildman–Crippen MR) is 65.4 cm³/mol. The number of carboxylic acid groups (broad SMARTS) is 1. The molecular weight excluding hydrogens is 272 g/mol. The zero-order chi connectivity index (χ0) is 14.2.